The number of nitrogens with one attached hydrogen (secondary N) is 1. The Morgan fingerprint density at radius 2 is 2.05 bits per heavy atom. The summed E-state index contributed by atoms with van der Waals surface area (Å²) in [5, 5.41) is 11.9. The largest absolute Gasteiger partial charge is 0.383 e. The van der Waals surface area contributed by atoms with Gasteiger partial charge in [-0.05, 0) is 50.1 Å². The molecule has 0 saturated heterocycles. The maximum atomic E-state index is 12.3. The zero-order valence-corrected chi connectivity index (χ0v) is 12.8. The third kappa shape index (κ3) is 3.23. The highest BCUT2D eigenvalue weighted by Gasteiger charge is 2.20. The first-order chi connectivity index (χ1) is 10.3. The number of aryl methyl sites for hydroxylation is 1. The molecule has 0 saturated carbocycles. The van der Waals surface area contributed by atoms with E-state index in [0.29, 0.717) is 17.2 Å². The first-order valence-corrected chi connectivity index (χ1v) is 6.90. The molecule has 5 heteroatoms. The van der Waals surface area contributed by atoms with Gasteiger partial charge in [0, 0.05) is 5.56 Å². The minimum absolute atomic E-state index is 0.286. The quantitative estimate of drug-likeness (QED) is 0.910. The van der Waals surface area contributed by atoms with Crippen LogP contribution in [0, 0.1) is 18.3 Å². The van der Waals surface area contributed by atoms with Crippen molar-refractivity contribution in [2.75, 3.05) is 11.1 Å². The molecule has 0 unspecified atom stereocenters. The highest BCUT2D eigenvalue weighted by Crippen LogP contribution is 2.23. The molecule has 5 nitrogen and oxygen atoms in total. The lowest BCUT2D eigenvalue weighted by atomic mass is 9.85. The standard InChI is InChI=1S/C17H18N4O/c1-11-7-8-14(20-15(11)19)21-16(22)12-5-4-6-13(9-12)17(2,3)10-18/h4-9H,1-3H3,(H3,19,20,21,22). The number of benzene rings is 1. The number of pyridine rings is 1. The summed E-state index contributed by atoms with van der Waals surface area (Å²) in [6, 6.07) is 12.7. The van der Waals surface area contributed by atoms with Gasteiger partial charge in [-0.1, -0.05) is 18.2 Å². The molecule has 2 aromatic rings. The second-order valence-electron chi connectivity index (χ2n) is 5.67. The van der Waals surface area contributed by atoms with Gasteiger partial charge in [-0.2, -0.15) is 5.26 Å². The number of nitriles is 1. The summed E-state index contributed by atoms with van der Waals surface area (Å²) in [6.07, 6.45) is 0. The summed E-state index contributed by atoms with van der Waals surface area (Å²) in [5.41, 5.74) is 7.21. The number of nitrogens with zero attached hydrogens (tertiary/aromatic N) is 2. The molecule has 0 fully saturated rings. The van der Waals surface area contributed by atoms with Gasteiger partial charge in [0.25, 0.3) is 5.91 Å². The van der Waals surface area contributed by atoms with Gasteiger partial charge in [0.15, 0.2) is 0 Å². The number of carbonyl (C=O) groups is 1. The predicted octanol–water partition coefficient (Wildman–Crippen LogP) is 3.03. The second-order valence-corrected chi connectivity index (χ2v) is 5.67. The average molecular weight is 294 g/mol. The van der Waals surface area contributed by atoms with E-state index in [1.165, 1.54) is 0 Å². The van der Waals surface area contributed by atoms with Crippen LogP contribution < -0.4 is 11.1 Å². The maximum Gasteiger partial charge on any atom is 0.256 e. The van der Waals surface area contributed by atoms with E-state index in [4.69, 9.17) is 5.73 Å². The predicted molar refractivity (Wildman–Crippen MR) is 86.4 cm³/mol. The highest BCUT2D eigenvalue weighted by molar-refractivity contribution is 6.04. The van der Waals surface area contributed by atoms with Crippen LogP contribution >= 0.6 is 0 Å². The Bertz CT molecular complexity index is 759. The lowest BCUT2D eigenvalue weighted by molar-refractivity contribution is 0.102. The molecule has 0 spiro atoms. The Labute approximate surface area is 129 Å². The average Bonchev–Trinajstić information content (AvgIpc) is 2.51. The third-order valence-corrected chi connectivity index (χ3v) is 3.50. The van der Waals surface area contributed by atoms with Crippen molar-refractivity contribution in [3.8, 4) is 6.07 Å². The van der Waals surface area contributed by atoms with E-state index in [1.807, 2.05) is 26.8 Å². The number of nitrogen functional groups attached to an aromatic ring is 1. The van der Waals surface area contributed by atoms with E-state index >= 15 is 0 Å². The molecule has 0 aliphatic heterocycles. The van der Waals surface area contributed by atoms with Crippen LogP contribution in [0.15, 0.2) is 36.4 Å². The van der Waals surface area contributed by atoms with Crippen LogP contribution in [-0.2, 0) is 5.41 Å². The topological polar surface area (TPSA) is 91.8 Å². The van der Waals surface area contributed by atoms with Crippen LogP contribution in [0.5, 0.6) is 0 Å². The molecule has 0 atom stereocenters. The van der Waals surface area contributed by atoms with Crippen LogP contribution in [0.2, 0.25) is 0 Å². The molecule has 22 heavy (non-hydrogen) atoms. The van der Waals surface area contributed by atoms with Crippen molar-refractivity contribution >= 4 is 17.5 Å². The molecule has 2 rings (SSSR count). The molecule has 1 aromatic heterocycles. The fourth-order valence-corrected chi connectivity index (χ4v) is 1.92. The van der Waals surface area contributed by atoms with Crippen molar-refractivity contribution in [3.63, 3.8) is 0 Å². The molecule has 0 bridgehead atoms. The summed E-state index contributed by atoms with van der Waals surface area (Å²) < 4.78 is 0. The molecule has 0 aliphatic rings. The monoisotopic (exact) mass is 294 g/mol. The third-order valence-electron chi connectivity index (χ3n) is 3.50. The normalized spacial score (nSPS) is 10.8. The fraction of sp³-hybridized carbons (Fsp3) is 0.235. The van der Waals surface area contributed by atoms with Gasteiger partial charge in [0.05, 0.1) is 11.5 Å². The molecule has 0 aliphatic carbocycles. The van der Waals surface area contributed by atoms with Gasteiger partial charge >= 0.3 is 0 Å². The number of hydrogen-bond acceptors (Lipinski definition) is 4. The Kier molecular flexibility index (Phi) is 4.13. The Morgan fingerprint density at radius 1 is 1.32 bits per heavy atom. The lowest BCUT2D eigenvalue weighted by Crippen LogP contribution is -2.17. The van der Waals surface area contributed by atoms with Crippen LogP contribution in [0.3, 0.4) is 0 Å². The number of hydrogen-bond donors (Lipinski definition) is 2. The fourth-order valence-electron chi connectivity index (χ4n) is 1.92. The molecule has 1 amide bonds. The van der Waals surface area contributed by atoms with Crippen molar-refractivity contribution < 1.29 is 4.79 Å². The van der Waals surface area contributed by atoms with E-state index in [2.05, 4.69) is 16.4 Å². The molecule has 112 valence electrons. The summed E-state index contributed by atoms with van der Waals surface area (Å²) in [6.45, 7) is 5.47. The van der Waals surface area contributed by atoms with Crippen LogP contribution in [0.1, 0.15) is 35.3 Å². The number of rotatable bonds is 3. The molecule has 1 aromatic carbocycles. The summed E-state index contributed by atoms with van der Waals surface area (Å²) >= 11 is 0. The van der Waals surface area contributed by atoms with Crippen molar-refractivity contribution in [1.82, 2.24) is 4.98 Å². The lowest BCUT2D eigenvalue weighted by Gasteiger charge is -2.16. The van der Waals surface area contributed by atoms with Crippen molar-refractivity contribution in [2.45, 2.75) is 26.2 Å². The maximum absolute atomic E-state index is 12.3. The minimum atomic E-state index is -0.650. The Balaban J connectivity index is 2.25. The SMILES string of the molecule is Cc1ccc(NC(=O)c2cccc(C(C)(C)C#N)c2)nc1N. The van der Waals surface area contributed by atoms with Crippen molar-refractivity contribution in [1.29, 1.82) is 5.26 Å². The van der Waals surface area contributed by atoms with E-state index in [9.17, 15) is 10.1 Å². The molecule has 0 radical (unpaired) electrons. The van der Waals surface area contributed by atoms with Gasteiger partial charge in [-0.25, -0.2) is 4.98 Å². The Hall–Kier alpha value is -2.87. The van der Waals surface area contributed by atoms with Gasteiger partial charge < -0.3 is 11.1 Å². The van der Waals surface area contributed by atoms with E-state index < -0.39 is 5.41 Å². The van der Waals surface area contributed by atoms with Crippen LogP contribution in [-0.4, -0.2) is 10.9 Å². The van der Waals surface area contributed by atoms with E-state index in [-0.39, 0.29) is 5.91 Å². The van der Waals surface area contributed by atoms with Gasteiger partial charge in [-0.3, -0.25) is 4.79 Å². The number of nitrogens with two attached hydrogens (primary N) is 1. The van der Waals surface area contributed by atoms with Gasteiger partial charge in [0.1, 0.15) is 11.6 Å². The molecule has 3 N–H and O–H groups in total. The molecule has 1 heterocycles. The number of carbonyl (C=O) groups excluding carboxylic acids is 1. The first-order valence-electron chi connectivity index (χ1n) is 6.90. The number of amides is 1. The van der Waals surface area contributed by atoms with E-state index in [0.717, 1.165) is 11.1 Å². The van der Waals surface area contributed by atoms with Crippen LogP contribution in [0.25, 0.3) is 0 Å². The number of aromatic nitrogens is 1. The summed E-state index contributed by atoms with van der Waals surface area (Å²) in [5.74, 6) is 0.501. The van der Waals surface area contributed by atoms with Gasteiger partial charge in [-0.15, -0.1) is 0 Å². The molecular formula is C17H18N4O. The summed E-state index contributed by atoms with van der Waals surface area (Å²) in [7, 11) is 0. The number of anilines is 2. The van der Waals surface area contributed by atoms with Gasteiger partial charge in [0.2, 0.25) is 0 Å². The second kappa shape index (κ2) is 5.86. The summed E-state index contributed by atoms with van der Waals surface area (Å²) in [4.78, 5) is 16.4. The first kappa shape index (κ1) is 15.5. The van der Waals surface area contributed by atoms with E-state index in [1.54, 1.807) is 30.3 Å². The minimum Gasteiger partial charge on any atom is -0.383 e. The van der Waals surface area contributed by atoms with Crippen LogP contribution in [0.4, 0.5) is 11.6 Å². The highest BCUT2D eigenvalue weighted by atomic mass is 16.1. The van der Waals surface area contributed by atoms with Crippen molar-refractivity contribution in [2.24, 2.45) is 0 Å². The van der Waals surface area contributed by atoms with Crippen molar-refractivity contribution in [3.05, 3.63) is 53.1 Å². The molecular weight excluding hydrogens is 276 g/mol. The zero-order valence-electron chi connectivity index (χ0n) is 12.8. The smallest absolute Gasteiger partial charge is 0.256 e. The Morgan fingerprint density at radius 3 is 2.68 bits per heavy atom. The zero-order chi connectivity index (χ0) is 16.3.